The molecule has 2 aromatic carbocycles. The number of carbonyl (C=O) groups is 1. The molecule has 1 unspecified atom stereocenters. The van der Waals surface area contributed by atoms with Crippen molar-refractivity contribution in [3.8, 4) is 5.75 Å². The van der Waals surface area contributed by atoms with Gasteiger partial charge in [0.15, 0.2) is 0 Å². The maximum atomic E-state index is 12.6. The molecule has 0 aromatic heterocycles. The van der Waals surface area contributed by atoms with Crippen molar-refractivity contribution in [3.63, 3.8) is 0 Å². The van der Waals surface area contributed by atoms with Gasteiger partial charge in [0, 0.05) is 33.7 Å². The van der Waals surface area contributed by atoms with Crippen molar-refractivity contribution >= 4 is 27.5 Å². The van der Waals surface area contributed by atoms with E-state index in [1.54, 1.807) is 13.0 Å². The first-order valence-electron chi connectivity index (χ1n) is 7.44. The lowest BCUT2D eigenvalue weighted by atomic mass is 9.99. The number of fused-ring (bicyclic) bond motifs is 1. The Labute approximate surface area is 147 Å². The van der Waals surface area contributed by atoms with Crippen LogP contribution in [0.15, 0.2) is 40.9 Å². The Morgan fingerprint density at radius 1 is 1.38 bits per heavy atom. The highest BCUT2D eigenvalue weighted by Gasteiger charge is 2.25. The highest BCUT2D eigenvalue weighted by atomic mass is 79.9. The molecule has 1 atom stereocenters. The summed E-state index contributed by atoms with van der Waals surface area (Å²) in [5.41, 5.74) is 1.51. The molecule has 2 aromatic rings. The normalized spacial score (nSPS) is 16.0. The van der Waals surface area contributed by atoms with Crippen LogP contribution in [0.2, 0.25) is 0 Å². The van der Waals surface area contributed by atoms with Crippen LogP contribution in [0.4, 0.5) is 5.69 Å². The maximum absolute atomic E-state index is 12.6. The van der Waals surface area contributed by atoms with Crippen LogP contribution in [0.5, 0.6) is 5.75 Å². The molecule has 124 valence electrons. The molecule has 7 heteroatoms. The molecule has 0 bridgehead atoms. The Kier molecular flexibility index (Phi) is 4.53. The number of nitrogens with zero attached hydrogens (tertiary/aromatic N) is 1. The Bertz CT molecular complexity index is 822. The minimum atomic E-state index is -0.479. The standard InChI is InChI=1S/C17H15BrN2O4/c1-10-12(3-2-4-15(10)20(22)23)17(21)19-14-7-8-24-16-6-5-11(18)9-13(14)16/h2-6,9,14H,7-8H2,1H3,(H,19,21). The van der Waals surface area contributed by atoms with Crippen LogP contribution in [-0.2, 0) is 0 Å². The molecule has 1 heterocycles. The minimum absolute atomic E-state index is 0.0576. The summed E-state index contributed by atoms with van der Waals surface area (Å²) in [5, 5.41) is 14.0. The van der Waals surface area contributed by atoms with Crippen LogP contribution in [0.1, 0.15) is 33.9 Å². The molecule has 24 heavy (non-hydrogen) atoms. The van der Waals surface area contributed by atoms with Crippen molar-refractivity contribution < 1.29 is 14.5 Å². The summed E-state index contributed by atoms with van der Waals surface area (Å²) in [6.45, 7) is 2.09. The largest absolute Gasteiger partial charge is 0.493 e. The molecule has 0 saturated carbocycles. The number of hydrogen-bond acceptors (Lipinski definition) is 4. The van der Waals surface area contributed by atoms with Gasteiger partial charge < -0.3 is 10.1 Å². The van der Waals surface area contributed by atoms with E-state index in [4.69, 9.17) is 4.74 Å². The number of amides is 1. The van der Waals surface area contributed by atoms with E-state index >= 15 is 0 Å². The predicted octanol–water partition coefficient (Wildman–Crippen LogP) is 3.92. The highest BCUT2D eigenvalue weighted by Crippen LogP contribution is 2.34. The molecule has 1 N–H and O–H groups in total. The Hall–Kier alpha value is -2.41. The first-order chi connectivity index (χ1) is 11.5. The smallest absolute Gasteiger partial charge is 0.273 e. The minimum Gasteiger partial charge on any atom is -0.493 e. The van der Waals surface area contributed by atoms with Crippen molar-refractivity contribution in [2.24, 2.45) is 0 Å². The fraction of sp³-hybridized carbons (Fsp3) is 0.235. The Balaban J connectivity index is 1.88. The third kappa shape index (κ3) is 3.12. The summed E-state index contributed by atoms with van der Waals surface area (Å²) in [7, 11) is 0. The summed E-state index contributed by atoms with van der Waals surface area (Å²) >= 11 is 3.42. The van der Waals surface area contributed by atoms with E-state index in [1.807, 2.05) is 18.2 Å². The van der Waals surface area contributed by atoms with E-state index in [1.165, 1.54) is 12.1 Å². The second-order valence-corrected chi connectivity index (χ2v) is 6.47. The molecule has 3 rings (SSSR count). The van der Waals surface area contributed by atoms with Crippen LogP contribution in [0, 0.1) is 17.0 Å². The summed E-state index contributed by atoms with van der Waals surface area (Å²) < 4.78 is 6.51. The van der Waals surface area contributed by atoms with Gasteiger partial charge in [-0.15, -0.1) is 0 Å². The Morgan fingerprint density at radius 3 is 2.92 bits per heavy atom. The number of halogens is 1. The summed E-state index contributed by atoms with van der Waals surface area (Å²) in [6.07, 6.45) is 0.642. The molecule has 0 fully saturated rings. The zero-order valence-corrected chi connectivity index (χ0v) is 14.5. The van der Waals surface area contributed by atoms with Gasteiger partial charge in [-0.05, 0) is 31.2 Å². The van der Waals surface area contributed by atoms with Crippen LogP contribution in [0.3, 0.4) is 0 Å². The van der Waals surface area contributed by atoms with Gasteiger partial charge in [-0.1, -0.05) is 22.0 Å². The Morgan fingerprint density at radius 2 is 2.17 bits per heavy atom. The van der Waals surface area contributed by atoms with Gasteiger partial charge in [-0.3, -0.25) is 14.9 Å². The van der Waals surface area contributed by atoms with E-state index in [2.05, 4.69) is 21.2 Å². The topological polar surface area (TPSA) is 81.5 Å². The van der Waals surface area contributed by atoms with Crippen molar-refractivity contribution in [3.05, 3.63) is 67.7 Å². The van der Waals surface area contributed by atoms with Crippen LogP contribution < -0.4 is 10.1 Å². The molecule has 1 amide bonds. The maximum Gasteiger partial charge on any atom is 0.273 e. The zero-order valence-electron chi connectivity index (χ0n) is 12.9. The van der Waals surface area contributed by atoms with Gasteiger partial charge in [-0.2, -0.15) is 0 Å². The van der Waals surface area contributed by atoms with Gasteiger partial charge in [0.25, 0.3) is 11.6 Å². The SMILES string of the molecule is Cc1c(C(=O)NC2CCOc3ccc(Br)cc32)cccc1[N+](=O)[O-]. The molecule has 6 nitrogen and oxygen atoms in total. The van der Waals surface area contributed by atoms with Gasteiger partial charge >= 0.3 is 0 Å². The second kappa shape index (κ2) is 6.60. The lowest BCUT2D eigenvalue weighted by molar-refractivity contribution is -0.385. The van der Waals surface area contributed by atoms with Crippen LogP contribution >= 0.6 is 15.9 Å². The van der Waals surface area contributed by atoms with Crippen molar-refractivity contribution in [1.82, 2.24) is 5.32 Å². The monoisotopic (exact) mass is 390 g/mol. The number of nitro benzene ring substituents is 1. The van der Waals surface area contributed by atoms with E-state index in [9.17, 15) is 14.9 Å². The molecule has 1 aliphatic heterocycles. The molecule has 0 aliphatic carbocycles. The summed E-state index contributed by atoms with van der Waals surface area (Å²) in [4.78, 5) is 23.2. The lowest BCUT2D eigenvalue weighted by Gasteiger charge is -2.27. The lowest BCUT2D eigenvalue weighted by Crippen LogP contribution is -2.32. The van der Waals surface area contributed by atoms with E-state index in [0.717, 1.165) is 15.8 Å². The van der Waals surface area contributed by atoms with E-state index < -0.39 is 4.92 Å². The van der Waals surface area contributed by atoms with Crippen molar-refractivity contribution in [2.45, 2.75) is 19.4 Å². The van der Waals surface area contributed by atoms with Gasteiger partial charge in [-0.25, -0.2) is 0 Å². The predicted molar refractivity (Wildman–Crippen MR) is 92.3 cm³/mol. The van der Waals surface area contributed by atoms with E-state index in [-0.39, 0.29) is 17.6 Å². The van der Waals surface area contributed by atoms with Gasteiger partial charge in [0.1, 0.15) is 5.75 Å². The number of ether oxygens (including phenoxy) is 1. The third-order valence-electron chi connectivity index (χ3n) is 4.06. The van der Waals surface area contributed by atoms with Crippen molar-refractivity contribution in [1.29, 1.82) is 0 Å². The fourth-order valence-electron chi connectivity index (χ4n) is 2.82. The molecule has 1 aliphatic rings. The average Bonchev–Trinajstić information content (AvgIpc) is 2.55. The molecule has 0 saturated heterocycles. The first kappa shape index (κ1) is 16.4. The molecular formula is C17H15BrN2O4. The van der Waals surface area contributed by atoms with Gasteiger partial charge in [0.2, 0.25) is 0 Å². The zero-order chi connectivity index (χ0) is 17.3. The number of carbonyl (C=O) groups excluding carboxylic acids is 1. The fourth-order valence-corrected chi connectivity index (χ4v) is 3.20. The van der Waals surface area contributed by atoms with Gasteiger partial charge in [0.05, 0.1) is 17.6 Å². The average molecular weight is 391 g/mol. The quantitative estimate of drug-likeness (QED) is 0.635. The molecular weight excluding hydrogens is 376 g/mol. The highest BCUT2D eigenvalue weighted by molar-refractivity contribution is 9.10. The van der Waals surface area contributed by atoms with Crippen molar-refractivity contribution in [2.75, 3.05) is 6.61 Å². The third-order valence-corrected chi connectivity index (χ3v) is 4.56. The summed E-state index contributed by atoms with van der Waals surface area (Å²) in [6, 6.07) is 9.97. The number of rotatable bonds is 3. The van der Waals surface area contributed by atoms with E-state index in [0.29, 0.717) is 24.2 Å². The van der Waals surface area contributed by atoms with Crippen LogP contribution in [0.25, 0.3) is 0 Å². The second-order valence-electron chi connectivity index (χ2n) is 5.55. The van der Waals surface area contributed by atoms with Crippen LogP contribution in [-0.4, -0.2) is 17.4 Å². The molecule has 0 spiro atoms. The summed E-state index contributed by atoms with van der Waals surface area (Å²) in [5.74, 6) is 0.416. The molecule has 0 radical (unpaired) electrons. The number of nitrogens with one attached hydrogen (secondary N) is 1. The number of nitro groups is 1. The number of benzene rings is 2. The number of hydrogen-bond donors (Lipinski definition) is 1. The first-order valence-corrected chi connectivity index (χ1v) is 8.24.